The van der Waals surface area contributed by atoms with Gasteiger partial charge >= 0.3 is 0 Å². The van der Waals surface area contributed by atoms with E-state index >= 15 is 0 Å². The first-order chi connectivity index (χ1) is 17.0. The minimum absolute atomic E-state index is 0.110. The number of amides is 1. The van der Waals surface area contributed by atoms with Crippen LogP contribution >= 0.6 is 15.9 Å². The maximum atomic E-state index is 13.7. The van der Waals surface area contributed by atoms with Crippen LogP contribution in [-0.2, 0) is 6.54 Å². The molecule has 178 valence electrons. The Morgan fingerprint density at radius 1 is 1.03 bits per heavy atom. The number of hydrogen-bond acceptors (Lipinski definition) is 4. The van der Waals surface area contributed by atoms with Gasteiger partial charge in [0, 0.05) is 11.0 Å². The van der Waals surface area contributed by atoms with Crippen molar-refractivity contribution in [2.75, 3.05) is 6.61 Å². The molecule has 2 heterocycles. The standard InChI is InChI=1S/C29H26BrNO4/c1-3-4-14-34-22-7-5-6-20(15-22)26-25-27(32)23-16-21(30)12-13-24(23)35-28(25)29(33)31(26)17-19-10-8-18(2)9-11-19/h5-13,15-16,26H,3-4,14,17H2,1-2H3. The lowest BCUT2D eigenvalue weighted by atomic mass is 9.98. The molecule has 0 radical (unpaired) electrons. The minimum Gasteiger partial charge on any atom is -0.494 e. The molecule has 5 nitrogen and oxygen atoms in total. The van der Waals surface area contributed by atoms with Gasteiger partial charge in [0.15, 0.2) is 5.43 Å². The van der Waals surface area contributed by atoms with Crippen molar-refractivity contribution in [1.29, 1.82) is 0 Å². The van der Waals surface area contributed by atoms with Crippen molar-refractivity contribution in [1.82, 2.24) is 4.90 Å². The molecule has 0 saturated heterocycles. The highest BCUT2D eigenvalue weighted by molar-refractivity contribution is 9.10. The highest BCUT2D eigenvalue weighted by Gasteiger charge is 2.42. The number of fused-ring (bicyclic) bond motifs is 2. The number of rotatable bonds is 7. The maximum absolute atomic E-state index is 13.7. The van der Waals surface area contributed by atoms with Crippen molar-refractivity contribution in [2.45, 2.75) is 39.3 Å². The number of aryl methyl sites for hydroxylation is 1. The number of carbonyl (C=O) groups excluding carboxylic acids is 1. The molecule has 3 aromatic carbocycles. The normalized spacial score (nSPS) is 15.0. The number of halogens is 1. The summed E-state index contributed by atoms with van der Waals surface area (Å²) in [4.78, 5) is 29.1. The van der Waals surface area contributed by atoms with Gasteiger partial charge in [-0.25, -0.2) is 0 Å². The summed E-state index contributed by atoms with van der Waals surface area (Å²) in [7, 11) is 0. The lowest BCUT2D eigenvalue weighted by molar-refractivity contribution is 0.0714. The van der Waals surface area contributed by atoms with Crippen molar-refractivity contribution in [3.8, 4) is 5.75 Å². The molecule has 4 aromatic rings. The fraction of sp³-hybridized carbons (Fsp3) is 0.241. The monoisotopic (exact) mass is 531 g/mol. The van der Waals surface area contributed by atoms with Crippen LogP contribution in [-0.4, -0.2) is 17.4 Å². The van der Waals surface area contributed by atoms with Crippen LogP contribution in [0.5, 0.6) is 5.75 Å². The van der Waals surface area contributed by atoms with Gasteiger partial charge in [0.25, 0.3) is 5.91 Å². The summed E-state index contributed by atoms with van der Waals surface area (Å²) in [5, 5.41) is 0.448. The van der Waals surface area contributed by atoms with Crippen LogP contribution in [0.1, 0.15) is 58.6 Å². The maximum Gasteiger partial charge on any atom is 0.291 e. The number of ether oxygens (including phenoxy) is 1. The molecule has 1 aliphatic heterocycles. The van der Waals surface area contributed by atoms with Crippen LogP contribution in [0.15, 0.2) is 80.4 Å². The van der Waals surface area contributed by atoms with Gasteiger partial charge < -0.3 is 14.1 Å². The third kappa shape index (κ3) is 4.50. The van der Waals surface area contributed by atoms with Gasteiger partial charge in [-0.05, 0) is 54.8 Å². The van der Waals surface area contributed by atoms with Gasteiger partial charge in [-0.3, -0.25) is 9.59 Å². The lowest BCUT2D eigenvalue weighted by Gasteiger charge is -2.25. The topological polar surface area (TPSA) is 59.8 Å². The Bertz CT molecular complexity index is 1460. The molecule has 6 heteroatoms. The molecule has 0 N–H and O–H groups in total. The van der Waals surface area contributed by atoms with Crippen molar-refractivity contribution in [2.24, 2.45) is 0 Å². The van der Waals surface area contributed by atoms with E-state index in [1.54, 1.807) is 23.1 Å². The first-order valence-electron chi connectivity index (χ1n) is 11.8. The van der Waals surface area contributed by atoms with Crippen LogP contribution < -0.4 is 10.2 Å². The Morgan fingerprint density at radius 2 is 1.83 bits per heavy atom. The molecule has 5 rings (SSSR count). The molecular formula is C29H26BrNO4. The Kier molecular flexibility index (Phi) is 6.48. The first kappa shape index (κ1) is 23.4. The summed E-state index contributed by atoms with van der Waals surface area (Å²) in [5.41, 5.74) is 3.53. The average molecular weight is 532 g/mol. The summed E-state index contributed by atoms with van der Waals surface area (Å²) in [6.45, 7) is 5.12. The number of hydrogen-bond donors (Lipinski definition) is 0. The lowest BCUT2D eigenvalue weighted by Crippen LogP contribution is -2.29. The van der Waals surface area contributed by atoms with E-state index in [4.69, 9.17) is 9.15 Å². The van der Waals surface area contributed by atoms with E-state index < -0.39 is 6.04 Å². The van der Waals surface area contributed by atoms with Gasteiger partial charge in [-0.1, -0.05) is 71.2 Å². The predicted octanol–water partition coefficient (Wildman–Crippen LogP) is 6.79. The second kappa shape index (κ2) is 9.70. The fourth-order valence-electron chi connectivity index (χ4n) is 4.50. The summed E-state index contributed by atoms with van der Waals surface area (Å²) in [6.07, 6.45) is 2.00. The van der Waals surface area contributed by atoms with E-state index in [0.29, 0.717) is 29.7 Å². The van der Waals surface area contributed by atoms with Gasteiger partial charge in [-0.15, -0.1) is 0 Å². The highest BCUT2D eigenvalue weighted by atomic mass is 79.9. The molecule has 1 aromatic heterocycles. The van der Waals surface area contributed by atoms with Crippen molar-refractivity contribution in [3.63, 3.8) is 0 Å². The zero-order valence-electron chi connectivity index (χ0n) is 19.7. The molecule has 0 saturated carbocycles. The number of carbonyl (C=O) groups is 1. The van der Waals surface area contributed by atoms with Crippen LogP contribution in [0.25, 0.3) is 11.0 Å². The summed E-state index contributed by atoms with van der Waals surface area (Å²) >= 11 is 3.45. The van der Waals surface area contributed by atoms with Gasteiger partial charge in [0.1, 0.15) is 11.3 Å². The van der Waals surface area contributed by atoms with Gasteiger partial charge in [-0.2, -0.15) is 0 Å². The van der Waals surface area contributed by atoms with E-state index in [0.717, 1.165) is 39.8 Å². The third-order valence-electron chi connectivity index (χ3n) is 6.34. The number of benzene rings is 3. The SMILES string of the molecule is CCCCOc1cccc(C2c3c(oc4ccc(Br)cc4c3=O)C(=O)N2Cc2ccc(C)cc2)c1. The van der Waals surface area contributed by atoms with Crippen LogP contribution in [0.4, 0.5) is 0 Å². The Labute approximate surface area is 212 Å². The van der Waals surface area contributed by atoms with Crippen LogP contribution in [0.2, 0.25) is 0 Å². The smallest absolute Gasteiger partial charge is 0.291 e. The molecule has 35 heavy (non-hydrogen) atoms. The van der Waals surface area contributed by atoms with E-state index in [1.807, 2.05) is 55.5 Å². The van der Waals surface area contributed by atoms with Crippen molar-refractivity contribution >= 4 is 32.8 Å². The first-order valence-corrected chi connectivity index (χ1v) is 12.6. The molecular weight excluding hydrogens is 506 g/mol. The fourth-order valence-corrected chi connectivity index (χ4v) is 4.86. The van der Waals surface area contributed by atoms with Crippen molar-refractivity contribution < 1.29 is 13.9 Å². The molecule has 0 fully saturated rings. The van der Waals surface area contributed by atoms with Crippen LogP contribution in [0.3, 0.4) is 0 Å². The molecule has 1 aliphatic rings. The zero-order valence-corrected chi connectivity index (χ0v) is 21.3. The molecule has 1 atom stereocenters. The highest BCUT2D eigenvalue weighted by Crippen LogP contribution is 2.40. The predicted molar refractivity (Wildman–Crippen MR) is 140 cm³/mol. The molecule has 0 spiro atoms. The number of nitrogens with zero attached hydrogens (tertiary/aromatic N) is 1. The summed E-state index contributed by atoms with van der Waals surface area (Å²) in [6, 6.07) is 20.4. The molecule has 0 bridgehead atoms. The summed E-state index contributed by atoms with van der Waals surface area (Å²) in [5.74, 6) is 0.545. The zero-order chi connectivity index (χ0) is 24.5. The van der Waals surface area contributed by atoms with E-state index in [9.17, 15) is 9.59 Å². The van der Waals surface area contributed by atoms with Gasteiger partial charge in [0.05, 0.1) is 23.6 Å². The van der Waals surface area contributed by atoms with E-state index in [2.05, 4.69) is 22.9 Å². The Balaban J connectivity index is 1.65. The van der Waals surface area contributed by atoms with Gasteiger partial charge in [0.2, 0.25) is 5.76 Å². The molecule has 0 aliphatic carbocycles. The number of unbranched alkanes of at least 4 members (excludes halogenated alkanes) is 1. The van der Waals surface area contributed by atoms with Crippen LogP contribution in [0, 0.1) is 6.92 Å². The largest absolute Gasteiger partial charge is 0.494 e. The van der Waals surface area contributed by atoms with E-state index in [1.165, 1.54) is 0 Å². The molecule has 1 amide bonds. The Hall–Kier alpha value is -3.38. The third-order valence-corrected chi connectivity index (χ3v) is 6.83. The van der Waals surface area contributed by atoms with E-state index in [-0.39, 0.29) is 17.1 Å². The second-order valence-corrected chi connectivity index (χ2v) is 9.83. The summed E-state index contributed by atoms with van der Waals surface area (Å²) < 4.78 is 12.8. The van der Waals surface area contributed by atoms with Crippen molar-refractivity contribution in [3.05, 3.63) is 109 Å². The minimum atomic E-state index is -0.576. The molecule has 1 unspecified atom stereocenters. The second-order valence-electron chi connectivity index (χ2n) is 8.91. The quantitative estimate of drug-likeness (QED) is 0.246. The average Bonchev–Trinajstić information content (AvgIpc) is 3.13. The Morgan fingerprint density at radius 3 is 2.60 bits per heavy atom.